The van der Waals surface area contributed by atoms with Gasteiger partial charge >= 0.3 is 0 Å². The van der Waals surface area contributed by atoms with E-state index < -0.39 is 0 Å². The molecule has 1 amide bonds. The third-order valence-electron chi connectivity index (χ3n) is 5.60. The summed E-state index contributed by atoms with van der Waals surface area (Å²) in [6.07, 6.45) is 1.44. The Balaban J connectivity index is 1.44. The second-order valence-corrected chi connectivity index (χ2v) is 8.92. The lowest BCUT2D eigenvalue weighted by Crippen LogP contribution is -2.27. The Kier molecular flexibility index (Phi) is 5.40. The van der Waals surface area contributed by atoms with Gasteiger partial charge in [-0.2, -0.15) is 0 Å². The number of hydrogen-bond acceptors (Lipinski definition) is 5. The summed E-state index contributed by atoms with van der Waals surface area (Å²) in [5.74, 6) is -0.279. The molecule has 0 bridgehead atoms. The number of carbonyl (C=O) groups is 1. The van der Waals surface area contributed by atoms with Gasteiger partial charge in [-0.3, -0.25) is 14.2 Å². The van der Waals surface area contributed by atoms with Crippen LogP contribution in [0.25, 0.3) is 32.1 Å². The minimum Gasteiger partial charge on any atom is -0.378 e. The van der Waals surface area contributed by atoms with Crippen LogP contribution in [-0.2, 0) is 11.3 Å². The molecule has 3 aromatic carbocycles. The third kappa shape index (κ3) is 4.10. The fourth-order valence-corrected chi connectivity index (χ4v) is 4.75. The maximum absolute atomic E-state index is 13.3. The van der Waals surface area contributed by atoms with Crippen LogP contribution >= 0.6 is 11.3 Å². The van der Waals surface area contributed by atoms with E-state index in [0.717, 1.165) is 27.6 Å². The van der Waals surface area contributed by atoms with E-state index in [9.17, 15) is 9.59 Å². The summed E-state index contributed by atoms with van der Waals surface area (Å²) in [4.78, 5) is 33.0. The average molecular weight is 455 g/mol. The van der Waals surface area contributed by atoms with Crippen molar-refractivity contribution in [3.63, 3.8) is 0 Å². The van der Waals surface area contributed by atoms with Crippen molar-refractivity contribution in [1.82, 2.24) is 9.55 Å². The quantitative estimate of drug-likeness (QED) is 0.407. The molecule has 5 aromatic rings. The van der Waals surface area contributed by atoms with Gasteiger partial charge in [0.2, 0.25) is 5.91 Å². The molecule has 0 fully saturated rings. The first-order valence-corrected chi connectivity index (χ1v) is 11.4. The van der Waals surface area contributed by atoms with E-state index >= 15 is 0 Å². The van der Waals surface area contributed by atoms with E-state index in [0.29, 0.717) is 15.9 Å². The van der Waals surface area contributed by atoms with Gasteiger partial charge in [0, 0.05) is 36.4 Å². The van der Waals surface area contributed by atoms with Crippen LogP contribution in [0.5, 0.6) is 0 Å². The molecule has 0 spiro atoms. The Morgan fingerprint density at radius 2 is 1.79 bits per heavy atom. The third-order valence-corrected chi connectivity index (χ3v) is 6.49. The molecule has 0 saturated heterocycles. The number of benzene rings is 3. The molecule has 0 radical (unpaired) electrons. The van der Waals surface area contributed by atoms with E-state index in [-0.39, 0.29) is 18.0 Å². The first-order chi connectivity index (χ1) is 16.0. The standard InChI is InChI=1S/C26H22N4O2S/c1-29(2)21-11-9-20(10-12-21)28-23(31)14-30-16-27-25-24(26(30)32)22(15-33-25)19-8-7-17-5-3-4-6-18(17)13-19/h3-13,15-16H,14H2,1-2H3,(H,28,31). The molecule has 5 rings (SSSR count). The predicted molar refractivity (Wildman–Crippen MR) is 136 cm³/mol. The van der Waals surface area contributed by atoms with Gasteiger partial charge < -0.3 is 10.2 Å². The van der Waals surface area contributed by atoms with E-state index in [1.807, 2.05) is 66.8 Å². The Morgan fingerprint density at radius 3 is 2.55 bits per heavy atom. The number of carbonyl (C=O) groups excluding carboxylic acids is 1. The zero-order chi connectivity index (χ0) is 22.9. The number of anilines is 2. The van der Waals surface area contributed by atoms with Crippen LogP contribution in [-0.4, -0.2) is 29.6 Å². The van der Waals surface area contributed by atoms with Crippen LogP contribution in [0.15, 0.2) is 83.2 Å². The van der Waals surface area contributed by atoms with Gasteiger partial charge in [0.15, 0.2) is 0 Å². The molecule has 2 aromatic heterocycles. The first kappa shape index (κ1) is 20.9. The lowest BCUT2D eigenvalue weighted by molar-refractivity contribution is -0.116. The molecule has 6 nitrogen and oxygen atoms in total. The van der Waals surface area contributed by atoms with Gasteiger partial charge in [0.05, 0.1) is 11.7 Å². The minimum absolute atomic E-state index is 0.107. The molecule has 0 unspecified atom stereocenters. The topological polar surface area (TPSA) is 67.2 Å². The SMILES string of the molecule is CN(C)c1ccc(NC(=O)Cn2cnc3scc(-c4ccc5ccccc5c4)c3c2=O)cc1. The zero-order valence-corrected chi connectivity index (χ0v) is 19.1. The van der Waals surface area contributed by atoms with E-state index in [2.05, 4.69) is 34.6 Å². The van der Waals surface area contributed by atoms with Crippen molar-refractivity contribution in [3.8, 4) is 11.1 Å². The maximum atomic E-state index is 13.3. The minimum atomic E-state index is -0.279. The fraction of sp³-hybridized carbons (Fsp3) is 0.115. The van der Waals surface area contributed by atoms with Crippen molar-refractivity contribution >= 4 is 49.6 Å². The largest absolute Gasteiger partial charge is 0.378 e. The number of hydrogen-bond donors (Lipinski definition) is 1. The molecule has 0 saturated carbocycles. The Hall–Kier alpha value is -3.97. The number of nitrogens with one attached hydrogen (secondary N) is 1. The second kappa shape index (κ2) is 8.52. The summed E-state index contributed by atoms with van der Waals surface area (Å²) in [6, 6.07) is 21.8. The first-order valence-electron chi connectivity index (χ1n) is 10.5. The van der Waals surface area contributed by atoms with Crippen LogP contribution in [0.2, 0.25) is 0 Å². The summed E-state index contributed by atoms with van der Waals surface area (Å²) in [7, 11) is 3.92. The van der Waals surface area contributed by atoms with E-state index in [4.69, 9.17) is 0 Å². The Bertz CT molecular complexity index is 1530. The van der Waals surface area contributed by atoms with Crippen molar-refractivity contribution in [2.45, 2.75) is 6.54 Å². The highest BCUT2D eigenvalue weighted by atomic mass is 32.1. The van der Waals surface area contributed by atoms with Crippen molar-refractivity contribution in [3.05, 3.63) is 88.8 Å². The molecular weight excluding hydrogens is 432 g/mol. The van der Waals surface area contributed by atoms with Crippen LogP contribution in [0.3, 0.4) is 0 Å². The van der Waals surface area contributed by atoms with Crippen LogP contribution < -0.4 is 15.8 Å². The zero-order valence-electron chi connectivity index (χ0n) is 18.3. The van der Waals surface area contributed by atoms with E-state index in [1.165, 1.54) is 22.2 Å². The van der Waals surface area contributed by atoms with Gasteiger partial charge in [0.25, 0.3) is 5.56 Å². The molecule has 33 heavy (non-hydrogen) atoms. The number of aromatic nitrogens is 2. The smallest absolute Gasteiger partial charge is 0.263 e. The van der Waals surface area contributed by atoms with Crippen molar-refractivity contribution in [1.29, 1.82) is 0 Å². The Morgan fingerprint density at radius 1 is 1.03 bits per heavy atom. The maximum Gasteiger partial charge on any atom is 0.263 e. The van der Waals surface area contributed by atoms with Gasteiger partial charge in [-0.15, -0.1) is 11.3 Å². The molecule has 164 valence electrons. The highest BCUT2D eigenvalue weighted by Crippen LogP contribution is 2.32. The molecule has 0 aliphatic carbocycles. The average Bonchev–Trinajstić information content (AvgIpc) is 3.26. The molecular formula is C26H22N4O2S. The molecule has 1 N–H and O–H groups in total. The normalized spacial score (nSPS) is 11.1. The number of fused-ring (bicyclic) bond motifs is 2. The highest BCUT2D eigenvalue weighted by molar-refractivity contribution is 7.17. The number of nitrogens with zero attached hydrogens (tertiary/aromatic N) is 3. The van der Waals surface area contributed by atoms with E-state index in [1.54, 1.807) is 0 Å². The fourth-order valence-electron chi connectivity index (χ4n) is 3.85. The summed E-state index contributed by atoms with van der Waals surface area (Å²) in [5.41, 5.74) is 3.30. The molecule has 2 heterocycles. The molecule has 0 atom stereocenters. The van der Waals surface area contributed by atoms with Crippen molar-refractivity contribution in [2.24, 2.45) is 0 Å². The number of amides is 1. The summed E-state index contributed by atoms with van der Waals surface area (Å²) < 4.78 is 1.36. The molecule has 0 aliphatic rings. The second-order valence-electron chi connectivity index (χ2n) is 8.06. The summed E-state index contributed by atoms with van der Waals surface area (Å²) >= 11 is 1.43. The number of thiophene rings is 1. The molecule has 7 heteroatoms. The summed E-state index contributed by atoms with van der Waals surface area (Å²) in [5, 5.41) is 7.60. The lowest BCUT2D eigenvalue weighted by Gasteiger charge is -2.13. The van der Waals surface area contributed by atoms with Crippen LogP contribution in [0.4, 0.5) is 11.4 Å². The van der Waals surface area contributed by atoms with Gasteiger partial charge in [0.1, 0.15) is 11.4 Å². The van der Waals surface area contributed by atoms with Crippen LogP contribution in [0.1, 0.15) is 0 Å². The van der Waals surface area contributed by atoms with Gasteiger partial charge in [-0.25, -0.2) is 4.98 Å². The van der Waals surface area contributed by atoms with Crippen molar-refractivity contribution < 1.29 is 4.79 Å². The van der Waals surface area contributed by atoms with Gasteiger partial charge in [-0.05, 0) is 46.7 Å². The molecule has 0 aliphatic heterocycles. The highest BCUT2D eigenvalue weighted by Gasteiger charge is 2.15. The van der Waals surface area contributed by atoms with Gasteiger partial charge in [-0.1, -0.05) is 36.4 Å². The lowest BCUT2D eigenvalue weighted by atomic mass is 10.0. The number of rotatable bonds is 5. The Labute approximate surface area is 194 Å². The monoisotopic (exact) mass is 454 g/mol. The van der Waals surface area contributed by atoms with Crippen molar-refractivity contribution in [2.75, 3.05) is 24.3 Å². The van der Waals surface area contributed by atoms with Crippen LogP contribution in [0, 0.1) is 0 Å². The summed E-state index contributed by atoms with van der Waals surface area (Å²) in [6.45, 7) is -0.107. The predicted octanol–water partition coefficient (Wildman–Crippen LogP) is 4.98.